The molecule has 0 aliphatic carbocycles. The van der Waals surface area contributed by atoms with Crippen LogP contribution in [0.15, 0.2) is 48.9 Å². The van der Waals surface area contributed by atoms with Gasteiger partial charge >= 0.3 is 0 Å². The summed E-state index contributed by atoms with van der Waals surface area (Å²) in [6.07, 6.45) is 5.46. The fraction of sp³-hybridized carbons (Fsp3) is 0. The first-order chi connectivity index (χ1) is 7.43. The quantitative estimate of drug-likeness (QED) is 0.648. The molecule has 0 spiro atoms. The lowest BCUT2D eigenvalue weighted by atomic mass is 10.1. The molecule has 3 rings (SSSR count). The molecule has 0 unspecified atom stereocenters. The summed E-state index contributed by atoms with van der Waals surface area (Å²) >= 11 is 0. The largest absolute Gasteiger partial charge is 0.278 e. The van der Waals surface area contributed by atoms with Crippen molar-refractivity contribution in [1.29, 1.82) is 0 Å². The fourth-order valence-corrected chi connectivity index (χ4v) is 1.65. The molecular weight excluding hydrogens is 186 g/mol. The van der Waals surface area contributed by atoms with E-state index in [0.29, 0.717) is 0 Å². The first kappa shape index (κ1) is 8.17. The van der Waals surface area contributed by atoms with Crippen molar-refractivity contribution >= 4 is 10.9 Å². The maximum Gasteiger partial charge on any atom is 0.0656 e. The predicted octanol–water partition coefficient (Wildman–Crippen LogP) is 2.62. The Morgan fingerprint density at radius 1 is 1.00 bits per heavy atom. The summed E-state index contributed by atoms with van der Waals surface area (Å²) in [6, 6.07) is 10.2. The average Bonchev–Trinajstić information content (AvgIpc) is 2.77. The molecule has 15 heavy (non-hydrogen) atoms. The van der Waals surface area contributed by atoms with Gasteiger partial charge in [-0.15, -0.1) is 0 Å². The summed E-state index contributed by atoms with van der Waals surface area (Å²) in [5.74, 6) is 0. The third-order valence-electron chi connectivity index (χ3n) is 2.44. The van der Waals surface area contributed by atoms with Gasteiger partial charge in [0.2, 0.25) is 0 Å². The molecule has 0 radical (unpaired) electrons. The Bertz CT molecular complexity index is 584. The third-order valence-corrected chi connectivity index (χ3v) is 2.44. The van der Waals surface area contributed by atoms with Crippen molar-refractivity contribution in [1.82, 2.24) is 15.2 Å². The van der Waals surface area contributed by atoms with E-state index in [1.54, 1.807) is 6.20 Å². The molecule has 72 valence electrons. The zero-order valence-electron chi connectivity index (χ0n) is 8.01. The zero-order valence-corrected chi connectivity index (χ0v) is 8.01. The molecule has 1 aromatic carbocycles. The maximum absolute atomic E-state index is 4.10. The molecule has 0 atom stereocenters. The molecule has 3 heteroatoms. The van der Waals surface area contributed by atoms with Gasteiger partial charge in [-0.3, -0.25) is 10.1 Å². The van der Waals surface area contributed by atoms with E-state index in [9.17, 15) is 0 Å². The van der Waals surface area contributed by atoms with Gasteiger partial charge in [0.05, 0.1) is 11.7 Å². The van der Waals surface area contributed by atoms with Crippen molar-refractivity contribution in [3.8, 4) is 11.1 Å². The molecule has 0 aliphatic rings. The first-order valence-electron chi connectivity index (χ1n) is 4.77. The van der Waals surface area contributed by atoms with Crippen LogP contribution in [0.2, 0.25) is 0 Å². The van der Waals surface area contributed by atoms with Crippen molar-refractivity contribution in [2.24, 2.45) is 0 Å². The Balaban J connectivity index is 2.19. The molecule has 2 aromatic heterocycles. The SMILES string of the molecule is c1cncc(-c2ccc3cn[nH]c3c2)c1. The van der Waals surface area contributed by atoms with Crippen LogP contribution in [0.4, 0.5) is 0 Å². The van der Waals surface area contributed by atoms with Crippen molar-refractivity contribution in [2.45, 2.75) is 0 Å². The number of nitrogens with zero attached hydrogens (tertiary/aromatic N) is 2. The van der Waals surface area contributed by atoms with Gasteiger partial charge in [0.1, 0.15) is 0 Å². The van der Waals surface area contributed by atoms with Crippen LogP contribution in [-0.4, -0.2) is 15.2 Å². The highest BCUT2D eigenvalue weighted by atomic mass is 15.1. The van der Waals surface area contributed by atoms with E-state index in [0.717, 1.165) is 22.0 Å². The topological polar surface area (TPSA) is 41.6 Å². The summed E-state index contributed by atoms with van der Waals surface area (Å²) in [7, 11) is 0. The van der Waals surface area contributed by atoms with Crippen molar-refractivity contribution in [3.05, 3.63) is 48.9 Å². The lowest BCUT2D eigenvalue weighted by Gasteiger charge is -1.99. The molecule has 3 aromatic rings. The van der Waals surface area contributed by atoms with Crippen LogP contribution in [0.25, 0.3) is 22.0 Å². The van der Waals surface area contributed by atoms with E-state index >= 15 is 0 Å². The fourth-order valence-electron chi connectivity index (χ4n) is 1.65. The Morgan fingerprint density at radius 2 is 2.00 bits per heavy atom. The second-order valence-corrected chi connectivity index (χ2v) is 3.41. The minimum absolute atomic E-state index is 1.05. The molecule has 1 N–H and O–H groups in total. The minimum Gasteiger partial charge on any atom is -0.278 e. The van der Waals surface area contributed by atoms with Crippen LogP contribution in [0.1, 0.15) is 0 Å². The van der Waals surface area contributed by atoms with Gasteiger partial charge in [-0.05, 0) is 17.7 Å². The highest BCUT2D eigenvalue weighted by Gasteiger charge is 1.99. The van der Waals surface area contributed by atoms with Crippen LogP contribution in [0.5, 0.6) is 0 Å². The number of rotatable bonds is 1. The van der Waals surface area contributed by atoms with Crippen molar-refractivity contribution < 1.29 is 0 Å². The van der Waals surface area contributed by atoms with Crippen molar-refractivity contribution in [3.63, 3.8) is 0 Å². The Kier molecular flexibility index (Phi) is 1.75. The van der Waals surface area contributed by atoms with Crippen molar-refractivity contribution in [2.75, 3.05) is 0 Å². The van der Waals surface area contributed by atoms with Crippen LogP contribution >= 0.6 is 0 Å². The predicted molar refractivity (Wildman–Crippen MR) is 59.3 cm³/mol. The Morgan fingerprint density at radius 3 is 2.87 bits per heavy atom. The number of pyridine rings is 1. The summed E-state index contributed by atoms with van der Waals surface area (Å²) in [6.45, 7) is 0. The number of aromatic nitrogens is 3. The van der Waals surface area contributed by atoms with Gasteiger partial charge in [0.15, 0.2) is 0 Å². The molecule has 0 saturated carbocycles. The number of nitrogens with one attached hydrogen (secondary N) is 1. The molecule has 0 amide bonds. The second-order valence-electron chi connectivity index (χ2n) is 3.41. The Hall–Kier alpha value is -2.16. The molecule has 0 bridgehead atoms. The zero-order chi connectivity index (χ0) is 10.1. The van der Waals surface area contributed by atoms with Gasteiger partial charge in [0.25, 0.3) is 0 Å². The van der Waals surface area contributed by atoms with Gasteiger partial charge in [0, 0.05) is 23.3 Å². The van der Waals surface area contributed by atoms with Crippen LogP contribution in [-0.2, 0) is 0 Å². The van der Waals surface area contributed by atoms with E-state index < -0.39 is 0 Å². The highest BCUT2D eigenvalue weighted by Crippen LogP contribution is 2.21. The van der Waals surface area contributed by atoms with Gasteiger partial charge in [-0.25, -0.2) is 0 Å². The number of hydrogen-bond acceptors (Lipinski definition) is 2. The number of H-pyrrole nitrogens is 1. The number of benzene rings is 1. The minimum atomic E-state index is 1.05. The average molecular weight is 195 g/mol. The summed E-state index contributed by atoms with van der Waals surface area (Å²) in [5, 5.41) is 8.08. The lowest BCUT2D eigenvalue weighted by molar-refractivity contribution is 1.12. The smallest absolute Gasteiger partial charge is 0.0656 e. The molecule has 2 heterocycles. The summed E-state index contributed by atoms with van der Waals surface area (Å²) < 4.78 is 0. The van der Waals surface area contributed by atoms with Gasteiger partial charge in [-0.1, -0.05) is 18.2 Å². The highest BCUT2D eigenvalue weighted by molar-refractivity contribution is 5.83. The van der Waals surface area contributed by atoms with Gasteiger partial charge in [-0.2, -0.15) is 5.10 Å². The van der Waals surface area contributed by atoms with Gasteiger partial charge < -0.3 is 0 Å². The maximum atomic E-state index is 4.10. The van der Waals surface area contributed by atoms with Crippen LogP contribution in [0, 0.1) is 0 Å². The summed E-state index contributed by atoms with van der Waals surface area (Å²) in [4.78, 5) is 4.10. The van der Waals surface area contributed by atoms with E-state index in [1.807, 2.05) is 24.5 Å². The van der Waals surface area contributed by atoms with E-state index in [-0.39, 0.29) is 0 Å². The van der Waals surface area contributed by atoms with E-state index in [4.69, 9.17) is 0 Å². The molecular formula is C12H9N3. The molecule has 0 fully saturated rings. The summed E-state index contributed by atoms with van der Waals surface area (Å²) in [5.41, 5.74) is 3.32. The molecule has 0 saturated heterocycles. The second kappa shape index (κ2) is 3.20. The number of hydrogen-bond donors (Lipinski definition) is 1. The molecule has 3 nitrogen and oxygen atoms in total. The first-order valence-corrected chi connectivity index (χ1v) is 4.77. The normalized spacial score (nSPS) is 10.7. The number of aromatic amines is 1. The number of fused-ring (bicyclic) bond motifs is 1. The van der Waals surface area contributed by atoms with E-state index in [2.05, 4.69) is 33.4 Å². The van der Waals surface area contributed by atoms with Crippen LogP contribution in [0.3, 0.4) is 0 Å². The third kappa shape index (κ3) is 1.38. The van der Waals surface area contributed by atoms with E-state index in [1.165, 1.54) is 0 Å². The monoisotopic (exact) mass is 195 g/mol. The molecule has 0 aliphatic heterocycles. The Labute approximate surface area is 86.8 Å². The van der Waals surface area contributed by atoms with Crippen LogP contribution < -0.4 is 0 Å². The lowest BCUT2D eigenvalue weighted by Crippen LogP contribution is -1.79. The standard InChI is InChI=1S/C12H9N3/c1-2-10(7-13-5-1)9-3-4-11-8-14-15-12(11)6-9/h1-8H,(H,14,15).